The second kappa shape index (κ2) is 8.49. The highest BCUT2D eigenvalue weighted by molar-refractivity contribution is 5.99. The molecule has 2 N–H and O–H groups in total. The maximum absolute atomic E-state index is 13.9. The average Bonchev–Trinajstić information content (AvgIpc) is 2.74. The number of amides is 2. The minimum atomic E-state index is -0.987. The van der Waals surface area contributed by atoms with E-state index in [0.29, 0.717) is 24.9 Å². The van der Waals surface area contributed by atoms with Crippen molar-refractivity contribution in [3.05, 3.63) is 63.1 Å². The topological polar surface area (TPSA) is 94.9 Å². The minimum Gasteiger partial charge on any atom is -0.502 e. The van der Waals surface area contributed by atoms with Crippen LogP contribution in [0.3, 0.4) is 0 Å². The molecule has 1 aromatic carbocycles. The number of hydrogen-bond donors (Lipinski definition) is 2. The first-order valence-electron chi connectivity index (χ1n) is 10.9. The first-order valence-corrected chi connectivity index (χ1v) is 10.9. The van der Waals surface area contributed by atoms with Crippen molar-refractivity contribution in [2.24, 2.45) is 5.92 Å². The number of nitrogens with zero attached hydrogens (tertiary/aromatic N) is 3. The summed E-state index contributed by atoms with van der Waals surface area (Å²) in [7, 11) is 0. The van der Waals surface area contributed by atoms with Crippen LogP contribution in [-0.2, 0) is 6.54 Å². The fraction of sp³-hybridized carbons (Fsp3) is 0.435. The Hall–Kier alpha value is -3.43. The third-order valence-corrected chi connectivity index (χ3v) is 6.26. The summed E-state index contributed by atoms with van der Waals surface area (Å²) in [6.07, 6.45) is 2.53. The number of aromatic hydroxyl groups is 1. The third kappa shape index (κ3) is 3.94. The summed E-state index contributed by atoms with van der Waals surface area (Å²) in [5, 5.41) is 15.0. The number of pyridine rings is 1. The molecular weight excluding hydrogens is 434 g/mol. The molecule has 1 fully saturated rings. The number of carbonyl (C=O) groups excluding carboxylic acids is 2. The molecule has 1 saturated heterocycles. The molecule has 0 aliphatic carbocycles. The Morgan fingerprint density at radius 2 is 2.00 bits per heavy atom. The lowest BCUT2D eigenvalue weighted by Gasteiger charge is -2.51. The van der Waals surface area contributed by atoms with Crippen molar-refractivity contribution < 1.29 is 23.5 Å². The second-order valence-electron chi connectivity index (χ2n) is 8.91. The van der Waals surface area contributed by atoms with Gasteiger partial charge in [-0.05, 0) is 38.7 Å². The molecule has 0 bridgehead atoms. The zero-order valence-corrected chi connectivity index (χ0v) is 18.6. The predicted octanol–water partition coefficient (Wildman–Crippen LogP) is 2.32. The fourth-order valence-corrected chi connectivity index (χ4v) is 4.53. The van der Waals surface area contributed by atoms with Crippen LogP contribution in [0.25, 0.3) is 0 Å². The quantitative estimate of drug-likeness (QED) is 0.730. The van der Waals surface area contributed by atoms with Gasteiger partial charge in [0.05, 0.1) is 0 Å². The minimum absolute atomic E-state index is 0.0415. The van der Waals surface area contributed by atoms with E-state index in [1.165, 1.54) is 16.9 Å². The fourth-order valence-electron chi connectivity index (χ4n) is 4.53. The Bertz CT molecular complexity index is 1180. The Kier molecular flexibility index (Phi) is 5.85. The molecule has 0 spiro atoms. The van der Waals surface area contributed by atoms with Crippen LogP contribution in [0, 0.1) is 17.6 Å². The molecule has 2 aromatic rings. The van der Waals surface area contributed by atoms with E-state index in [1.807, 2.05) is 18.9 Å². The monoisotopic (exact) mass is 460 g/mol. The predicted molar refractivity (Wildman–Crippen MR) is 116 cm³/mol. The first kappa shape index (κ1) is 22.8. The molecule has 2 amide bonds. The molecule has 176 valence electrons. The number of piperidine rings is 1. The summed E-state index contributed by atoms with van der Waals surface area (Å²) < 4.78 is 28.4. The summed E-state index contributed by atoms with van der Waals surface area (Å²) in [6, 6.07) is 2.80. The summed E-state index contributed by atoms with van der Waals surface area (Å²) in [5.41, 5.74) is -1.50. The summed E-state index contributed by atoms with van der Waals surface area (Å²) >= 11 is 0. The molecule has 33 heavy (non-hydrogen) atoms. The standard InChI is InChI=1S/C23H26F2N4O4/c1-12(2)29-18-8-13(3)6-7-27(18)28-11-16(20(30)21(31)19(28)23(29)33)22(32)26-10-14-4-5-15(24)9-17(14)25/h4-5,9,11-13,18,31H,6-8,10H2,1-3H3,(H,26,32)/t13-,18-/m1/s1. The van der Waals surface area contributed by atoms with Crippen molar-refractivity contribution in [3.8, 4) is 5.75 Å². The van der Waals surface area contributed by atoms with E-state index in [9.17, 15) is 28.3 Å². The normalized spacial score (nSPS) is 20.0. The van der Waals surface area contributed by atoms with E-state index in [0.717, 1.165) is 12.5 Å². The molecule has 2 aliphatic heterocycles. The van der Waals surface area contributed by atoms with E-state index in [1.54, 1.807) is 4.90 Å². The van der Waals surface area contributed by atoms with Crippen molar-refractivity contribution in [1.29, 1.82) is 0 Å². The number of nitrogens with one attached hydrogen (secondary N) is 1. The van der Waals surface area contributed by atoms with E-state index in [-0.39, 0.29) is 35.6 Å². The Morgan fingerprint density at radius 1 is 1.27 bits per heavy atom. The molecule has 0 saturated carbocycles. The van der Waals surface area contributed by atoms with Crippen LogP contribution in [0.15, 0.2) is 29.2 Å². The lowest BCUT2D eigenvalue weighted by atomic mass is 9.95. The van der Waals surface area contributed by atoms with Gasteiger partial charge < -0.3 is 15.3 Å². The van der Waals surface area contributed by atoms with Gasteiger partial charge in [0.1, 0.15) is 23.4 Å². The molecule has 2 aliphatic rings. The summed E-state index contributed by atoms with van der Waals surface area (Å²) in [6.45, 7) is 6.13. The van der Waals surface area contributed by atoms with Gasteiger partial charge in [0.25, 0.3) is 11.8 Å². The number of rotatable bonds is 4. The van der Waals surface area contributed by atoms with Gasteiger partial charge in [0.2, 0.25) is 5.43 Å². The zero-order chi connectivity index (χ0) is 24.0. The van der Waals surface area contributed by atoms with Gasteiger partial charge in [-0.15, -0.1) is 0 Å². The SMILES string of the molecule is CC(C)N1C(=O)c2c(O)c(=O)c(C(=O)NCc3ccc(F)cc3F)cn2N2CC[C@@H](C)C[C@@H]12. The second-order valence-corrected chi connectivity index (χ2v) is 8.91. The highest BCUT2D eigenvalue weighted by atomic mass is 19.1. The van der Waals surface area contributed by atoms with Crippen LogP contribution >= 0.6 is 0 Å². The Balaban J connectivity index is 1.71. The molecule has 0 radical (unpaired) electrons. The molecule has 0 unspecified atom stereocenters. The number of aromatic nitrogens is 1. The van der Waals surface area contributed by atoms with Crippen LogP contribution in [0.2, 0.25) is 0 Å². The lowest BCUT2D eigenvalue weighted by Crippen LogP contribution is -2.65. The molecular formula is C23H26F2N4O4. The van der Waals surface area contributed by atoms with Gasteiger partial charge in [-0.25, -0.2) is 8.78 Å². The number of carbonyl (C=O) groups is 2. The van der Waals surface area contributed by atoms with Crippen molar-refractivity contribution >= 4 is 11.8 Å². The average molecular weight is 460 g/mol. The van der Waals surface area contributed by atoms with Crippen LogP contribution in [0.4, 0.5) is 8.78 Å². The van der Waals surface area contributed by atoms with E-state index in [2.05, 4.69) is 12.2 Å². The third-order valence-electron chi connectivity index (χ3n) is 6.26. The molecule has 4 rings (SSSR count). The highest BCUT2D eigenvalue weighted by Gasteiger charge is 2.43. The number of halogens is 2. The van der Waals surface area contributed by atoms with Gasteiger partial charge in [-0.3, -0.25) is 24.1 Å². The molecule has 1 aromatic heterocycles. The summed E-state index contributed by atoms with van der Waals surface area (Å²) in [4.78, 5) is 40.5. The first-order chi connectivity index (χ1) is 15.6. The smallest absolute Gasteiger partial charge is 0.278 e. The Morgan fingerprint density at radius 3 is 2.67 bits per heavy atom. The number of fused-ring (bicyclic) bond motifs is 3. The van der Waals surface area contributed by atoms with Crippen molar-refractivity contribution in [3.63, 3.8) is 0 Å². The van der Waals surface area contributed by atoms with Gasteiger partial charge >= 0.3 is 0 Å². The van der Waals surface area contributed by atoms with Gasteiger partial charge in [-0.2, -0.15) is 0 Å². The van der Waals surface area contributed by atoms with E-state index in [4.69, 9.17) is 0 Å². The summed E-state index contributed by atoms with van der Waals surface area (Å²) in [5.74, 6) is -3.31. The molecule has 8 nitrogen and oxygen atoms in total. The Labute approximate surface area is 189 Å². The zero-order valence-electron chi connectivity index (χ0n) is 18.6. The van der Waals surface area contributed by atoms with Crippen LogP contribution < -0.4 is 15.8 Å². The van der Waals surface area contributed by atoms with Crippen molar-refractivity contribution in [1.82, 2.24) is 14.9 Å². The molecule has 3 heterocycles. The van der Waals surface area contributed by atoms with Gasteiger partial charge in [0.15, 0.2) is 11.4 Å². The van der Waals surface area contributed by atoms with E-state index < -0.39 is 34.6 Å². The molecule has 10 heteroatoms. The van der Waals surface area contributed by atoms with Gasteiger partial charge in [-0.1, -0.05) is 13.0 Å². The largest absolute Gasteiger partial charge is 0.502 e. The van der Waals surface area contributed by atoms with E-state index >= 15 is 0 Å². The highest BCUT2D eigenvalue weighted by Crippen LogP contribution is 2.33. The van der Waals surface area contributed by atoms with Crippen molar-refractivity contribution in [2.75, 3.05) is 11.6 Å². The number of benzene rings is 1. The van der Waals surface area contributed by atoms with Crippen molar-refractivity contribution in [2.45, 2.75) is 52.4 Å². The van der Waals surface area contributed by atoms with Crippen LogP contribution in [-0.4, -0.2) is 45.2 Å². The lowest BCUT2D eigenvalue weighted by molar-refractivity contribution is 0.0385. The number of hydrogen-bond acceptors (Lipinski definition) is 5. The van der Waals surface area contributed by atoms with Crippen LogP contribution in [0.5, 0.6) is 5.75 Å². The molecule has 2 atom stereocenters. The van der Waals surface area contributed by atoms with Gasteiger partial charge in [0, 0.05) is 37.0 Å². The maximum Gasteiger partial charge on any atom is 0.278 e. The maximum atomic E-state index is 13.9. The van der Waals surface area contributed by atoms with Crippen LogP contribution in [0.1, 0.15) is 60.0 Å².